The van der Waals surface area contributed by atoms with E-state index in [0.29, 0.717) is 19.4 Å². The Labute approximate surface area is 161 Å². The second-order valence-electron chi connectivity index (χ2n) is 7.62. The Morgan fingerprint density at radius 2 is 2.00 bits per heavy atom. The van der Waals surface area contributed by atoms with Crippen molar-refractivity contribution in [2.75, 3.05) is 6.54 Å². The highest BCUT2D eigenvalue weighted by Crippen LogP contribution is 2.23. The van der Waals surface area contributed by atoms with E-state index in [2.05, 4.69) is 6.92 Å². The second-order valence-corrected chi connectivity index (χ2v) is 7.62. The van der Waals surface area contributed by atoms with E-state index in [1.807, 2.05) is 24.0 Å². The van der Waals surface area contributed by atoms with Crippen molar-refractivity contribution < 1.29 is 19.8 Å². The predicted octanol–water partition coefficient (Wildman–Crippen LogP) is 3.81. The van der Waals surface area contributed by atoms with Gasteiger partial charge < -0.3 is 15.1 Å². The summed E-state index contributed by atoms with van der Waals surface area (Å²) in [6.45, 7) is 4.56. The fourth-order valence-corrected chi connectivity index (χ4v) is 3.44. The lowest BCUT2D eigenvalue weighted by Gasteiger charge is -2.24. The van der Waals surface area contributed by atoms with Gasteiger partial charge in [0.2, 0.25) is 5.91 Å². The van der Waals surface area contributed by atoms with Crippen LogP contribution >= 0.6 is 0 Å². The minimum atomic E-state index is -0.938. The molecule has 1 unspecified atom stereocenters. The van der Waals surface area contributed by atoms with Crippen LogP contribution in [0.2, 0.25) is 0 Å². The Hall–Kier alpha value is -2.14. The summed E-state index contributed by atoms with van der Waals surface area (Å²) >= 11 is 0. The van der Waals surface area contributed by atoms with Gasteiger partial charge in [0.25, 0.3) is 0 Å². The highest BCUT2D eigenvalue weighted by Gasteiger charge is 2.29. The normalized spacial score (nSPS) is 19.6. The molecule has 5 heteroatoms. The number of benzene rings is 1. The molecule has 2 rings (SSSR count). The van der Waals surface area contributed by atoms with Crippen molar-refractivity contribution >= 4 is 11.9 Å². The highest BCUT2D eigenvalue weighted by atomic mass is 16.4. The van der Waals surface area contributed by atoms with Crippen molar-refractivity contribution in [2.45, 2.75) is 70.4 Å². The molecular weight excluding hydrogens is 342 g/mol. The monoisotopic (exact) mass is 373 g/mol. The van der Waals surface area contributed by atoms with Crippen LogP contribution in [-0.4, -0.2) is 45.2 Å². The lowest BCUT2D eigenvalue weighted by molar-refractivity contribution is -0.128. The molecule has 0 spiro atoms. The van der Waals surface area contributed by atoms with E-state index in [-0.39, 0.29) is 17.5 Å². The minimum Gasteiger partial charge on any atom is -0.478 e. The minimum absolute atomic E-state index is 0.0217. The maximum absolute atomic E-state index is 12.2. The molecule has 1 heterocycles. The van der Waals surface area contributed by atoms with Gasteiger partial charge in [0.1, 0.15) is 0 Å². The standard InChI is InChI=1S/C22H31NO4/c1-3-4-5-14-22(2,27)15-12-19-10-11-20(24)23(19)16-13-17-6-8-18(9-7-17)21(25)26/h6-9,12,15,19,27H,3-5,10-11,13-14,16H2,1-2H3,(H,25,26)/b15-12+/t19-,22?/m1/s1. The number of rotatable bonds is 10. The number of aromatic carboxylic acids is 1. The lowest BCUT2D eigenvalue weighted by Crippen LogP contribution is -2.34. The van der Waals surface area contributed by atoms with Crippen molar-refractivity contribution in [3.05, 3.63) is 47.5 Å². The van der Waals surface area contributed by atoms with Crippen molar-refractivity contribution in [2.24, 2.45) is 0 Å². The first kappa shape index (κ1) is 21.2. The number of amides is 1. The van der Waals surface area contributed by atoms with Gasteiger partial charge in [0, 0.05) is 13.0 Å². The number of hydrogen-bond acceptors (Lipinski definition) is 3. The number of likely N-dealkylation sites (tertiary alicyclic amines) is 1. The van der Waals surface area contributed by atoms with Gasteiger partial charge in [-0.1, -0.05) is 50.5 Å². The van der Waals surface area contributed by atoms with Crippen LogP contribution in [0.25, 0.3) is 0 Å². The fraction of sp³-hybridized carbons (Fsp3) is 0.545. The van der Waals surface area contributed by atoms with Crippen LogP contribution < -0.4 is 0 Å². The summed E-state index contributed by atoms with van der Waals surface area (Å²) in [5, 5.41) is 19.5. The molecule has 0 saturated carbocycles. The molecule has 1 aliphatic heterocycles. The van der Waals surface area contributed by atoms with Gasteiger partial charge in [-0.15, -0.1) is 0 Å². The van der Waals surface area contributed by atoms with Gasteiger partial charge >= 0.3 is 5.97 Å². The lowest BCUT2D eigenvalue weighted by atomic mass is 9.97. The summed E-state index contributed by atoms with van der Waals surface area (Å²) < 4.78 is 0. The van der Waals surface area contributed by atoms with Crippen molar-refractivity contribution in [1.29, 1.82) is 0 Å². The summed E-state index contributed by atoms with van der Waals surface area (Å²) in [4.78, 5) is 25.0. The second kappa shape index (κ2) is 9.70. The van der Waals surface area contributed by atoms with Gasteiger partial charge in [-0.2, -0.15) is 0 Å². The molecule has 2 N–H and O–H groups in total. The highest BCUT2D eigenvalue weighted by molar-refractivity contribution is 5.87. The van der Waals surface area contributed by atoms with Crippen LogP contribution in [0.15, 0.2) is 36.4 Å². The fourth-order valence-electron chi connectivity index (χ4n) is 3.44. The summed E-state index contributed by atoms with van der Waals surface area (Å²) in [6.07, 6.45) is 9.77. The molecule has 1 saturated heterocycles. The molecule has 2 atom stereocenters. The SMILES string of the molecule is CCCCCC(C)(O)/C=C/[C@H]1CCC(=O)N1CCc1ccc(C(=O)O)cc1. The average molecular weight is 373 g/mol. The zero-order chi connectivity index (χ0) is 19.9. The van der Waals surface area contributed by atoms with Crippen molar-refractivity contribution in [3.63, 3.8) is 0 Å². The molecule has 0 aromatic heterocycles. The van der Waals surface area contributed by atoms with E-state index in [4.69, 9.17) is 5.11 Å². The third kappa shape index (κ3) is 6.51. The largest absolute Gasteiger partial charge is 0.478 e. The molecule has 27 heavy (non-hydrogen) atoms. The molecule has 1 aliphatic rings. The summed E-state index contributed by atoms with van der Waals surface area (Å²) in [5.41, 5.74) is 0.440. The Morgan fingerprint density at radius 1 is 1.30 bits per heavy atom. The van der Waals surface area contributed by atoms with Crippen LogP contribution in [0.4, 0.5) is 0 Å². The molecule has 0 bridgehead atoms. The van der Waals surface area contributed by atoms with Crippen LogP contribution in [-0.2, 0) is 11.2 Å². The van der Waals surface area contributed by atoms with Gasteiger partial charge in [-0.3, -0.25) is 4.79 Å². The first-order valence-corrected chi connectivity index (χ1v) is 9.86. The zero-order valence-corrected chi connectivity index (χ0v) is 16.4. The van der Waals surface area contributed by atoms with Crippen LogP contribution in [0.3, 0.4) is 0 Å². The number of carbonyl (C=O) groups excluding carboxylic acids is 1. The first-order chi connectivity index (χ1) is 12.8. The third-order valence-electron chi connectivity index (χ3n) is 5.18. The van der Waals surface area contributed by atoms with Gasteiger partial charge in [-0.05, 0) is 43.9 Å². The Bertz CT molecular complexity index is 663. The van der Waals surface area contributed by atoms with Crippen molar-refractivity contribution in [3.8, 4) is 0 Å². The molecule has 1 amide bonds. The molecule has 0 radical (unpaired) electrons. The van der Waals surface area contributed by atoms with E-state index in [9.17, 15) is 14.7 Å². The summed E-state index contributed by atoms with van der Waals surface area (Å²) in [6, 6.07) is 6.80. The predicted molar refractivity (Wildman–Crippen MR) is 106 cm³/mol. The van der Waals surface area contributed by atoms with Crippen molar-refractivity contribution in [1.82, 2.24) is 4.90 Å². The van der Waals surface area contributed by atoms with E-state index in [0.717, 1.165) is 37.7 Å². The molecule has 1 aromatic rings. The molecule has 1 fully saturated rings. The summed E-state index contributed by atoms with van der Waals surface area (Å²) in [7, 11) is 0. The molecule has 5 nitrogen and oxygen atoms in total. The van der Waals surface area contributed by atoms with Gasteiger partial charge in [0.05, 0.1) is 17.2 Å². The van der Waals surface area contributed by atoms with E-state index >= 15 is 0 Å². The Morgan fingerprint density at radius 3 is 2.63 bits per heavy atom. The molecule has 148 valence electrons. The number of carboxylic acids is 1. The smallest absolute Gasteiger partial charge is 0.335 e. The van der Waals surface area contributed by atoms with E-state index in [1.54, 1.807) is 24.3 Å². The van der Waals surface area contributed by atoms with Crippen LogP contribution in [0.1, 0.15) is 68.3 Å². The molecule has 1 aromatic carbocycles. The third-order valence-corrected chi connectivity index (χ3v) is 5.18. The maximum Gasteiger partial charge on any atom is 0.335 e. The quantitative estimate of drug-likeness (QED) is 0.483. The number of aliphatic hydroxyl groups is 1. The Balaban J connectivity index is 1.93. The number of nitrogens with zero attached hydrogens (tertiary/aromatic N) is 1. The van der Waals surface area contributed by atoms with Crippen LogP contribution in [0.5, 0.6) is 0 Å². The van der Waals surface area contributed by atoms with Gasteiger partial charge in [-0.25, -0.2) is 4.79 Å². The zero-order valence-electron chi connectivity index (χ0n) is 16.4. The van der Waals surface area contributed by atoms with E-state index in [1.165, 1.54) is 0 Å². The summed E-state index contributed by atoms with van der Waals surface area (Å²) in [5.74, 6) is -0.801. The van der Waals surface area contributed by atoms with E-state index < -0.39 is 11.6 Å². The molecule has 0 aliphatic carbocycles. The first-order valence-electron chi connectivity index (χ1n) is 9.86. The topological polar surface area (TPSA) is 77.8 Å². The van der Waals surface area contributed by atoms with Gasteiger partial charge in [0.15, 0.2) is 0 Å². The number of carbonyl (C=O) groups is 2. The number of unbranched alkanes of at least 4 members (excludes halogenated alkanes) is 2. The molecular formula is C22H31NO4. The average Bonchev–Trinajstić information content (AvgIpc) is 2.98. The number of carboxylic acid groups (broad SMARTS) is 1. The number of hydrogen-bond donors (Lipinski definition) is 2. The van der Waals surface area contributed by atoms with Crippen LogP contribution in [0, 0.1) is 0 Å². The Kier molecular flexibility index (Phi) is 7.60. The maximum atomic E-state index is 12.2.